The van der Waals surface area contributed by atoms with Crippen LogP contribution in [0, 0.1) is 5.92 Å². The maximum atomic E-state index is 11.0. The van der Waals surface area contributed by atoms with Gasteiger partial charge in [-0.05, 0) is 74.7 Å². The maximum absolute atomic E-state index is 11.0. The Morgan fingerprint density at radius 2 is 1.65 bits per heavy atom. The third kappa shape index (κ3) is 6.05. The molecular formula is C28H37NO2. The minimum absolute atomic E-state index is 0.326. The zero-order chi connectivity index (χ0) is 21.3. The number of nitrogens with zero attached hydrogens (tertiary/aromatic N) is 1. The van der Waals surface area contributed by atoms with Crippen LogP contribution in [0.25, 0.3) is 11.1 Å². The number of aldehydes is 1. The molecule has 0 bridgehead atoms. The largest absolute Gasteiger partial charge is 0.378 e. The van der Waals surface area contributed by atoms with Crippen molar-refractivity contribution >= 4 is 6.29 Å². The molecule has 2 aromatic rings. The van der Waals surface area contributed by atoms with Crippen molar-refractivity contribution in [2.75, 3.05) is 19.7 Å². The summed E-state index contributed by atoms with van der Waals surface area (Å²) in [4.78, 5) is 13.7. The van der Waals surface area contributed by atoms with E-state index in [1.54, 1.807) is 0 Å². The first-order valence-corrected chi connectivity index (χ1v) is 12.3. The van der Waals surface area contributed by atoms with Crippen molar-refractivity contribution < 1.29 is 9.53 Å². The van der Waals surface area contributed by atoms with Crippen LogP contribution < -0.4 is 0 Å². The summed E-state index contributed by atoms with van der Waals surface area (Å²) in [5.74, 6) is 0.522. The molecule has 1 aliphatic heterocycles. The minimum atomic E-state index is 0.326. The van der Waals surface area contributed by atoms with E-state index < -0.39 is 0 Å². The van der Waals surface area contributed by atoms with Gasteiger partial charge in [-0.15, -0.1) is 0 Å². The highest BCUT2D eigenvalue weighted by molar-refractivity contribution is 5.63. The van der Waals surface area contributed by atoms with E-state index in [0.29, 0.717) is 24.5 Å². The van der Waals surface area contributed by atoms with Crippen LogP contribution in [-0.2, 0) is 16.0 Å². The van der Waals surface area contributed by atoms with Crippen LogP contribution in [0.15, 0.2) is 54.6 Å². The van der Waals surface area contributed by atoms with Crippen molar-refractivity contribution in [1.29, 1.82) is 0 Å². The van der Waals surface area contributed by atoms with Crippen LogP contribution in [-0.4, -0.2) is 43.0 Å². The Hall–Kier alpha value is -1.97. The van der Waals surface area contributed by atoms with Gasteiger partial charge < -0.3 is 14.4 Å². The van der Waals surface area contributed by atoms with Crippen molar-refractivity contribution in [3.63, 3.8) is 0 Å². The van der Waals surface area contributed by atoms with E-state index in [2.05, 4.69) is 59.5 Å². The Kier molecular flexibility index (Phi) is 8.31. The van der Waals surface area contributed by atoms with Gasteiger partial charge in [-0.25, -0.2) is 0 Å². The average Bonchev–Trinajstić information content (AvgIpc) is 3.24. The molecule has 0 aromatic heterocycles. The lowest BCUT2D eigenvalue weighted by Gasteiger charge is -2.36. The van der Waals surface area contributed by atoms with Gasteiger partial charge in [0, 0.05) is 25.0 Å². The molecule has 1 heterocycles. The average molecular weight is 420 g/mol. The molecule has 2 aromatic carbocycles. The fourth-order valence-corrected chi connectivity index (χ4v) is 5.57. The monoisotopic (exact) mass is 419 g/mol. The smallest absolute Gasteiger partial charge is 0.120 e. The molecule has 4 rings (SSSR count). The SMILES string of the molecule is O=CCC[C@H]1[C@H](N2CCCCC2)CC[C@H]1OCCCc1ccc(-c2ccccc2)cc1. The normalized spacial score (nSPS) is 24.3. The number of hydrogen-bond donors (Lipinski definition) is 0. The van der Waals surface area contributed by atoms with E-state index in [9.17, 15) is 4.79 Å². The van der Waals surface area contributed by atoms with Gasteiger partial charge in [0.25, 0.3) is 0 Å². The Labute approximate surface area is 187 Å². The fraction of sp³-hybridized carbons (Fsp3) is 0.536. The Balaban J connectivity index is 1.25. The topological polar surface area (TPSA) is 29.5 Å². The van der Waals surface area contributed by atoms with Crippen molar-refractivity contribution in [1.82, 2.24) is 4.90 Å². The molecule has 2 aliphatic rings. The zero-order valence-corrected chi connectivity index (χ0v) is 18.8. The summed E-state index contributed by atoms with van der Waals surface area (Å²) < 4.78 is 6.41. The minimum Gasteiger partial charge on any atom is -0.378 e. The lowest BCUT2D eigenvalue weighted by atomic mass is 9.93. The lowest BCUT2D eigenvalue weighted by Crippen LogP contribution is -2.43. The number of likely N-dealkylation sites (tertiary alicyclic amines) is 1. The van der Waals surface area contributed by atoms with E-state index in [-0.39, 0.29) is 0 Å². The maximum Gasteiger partial charge on any atom is 0.120 e. The van der Waals surface area contributed by atoms with Crippen LogP contribution in [0.1, 0.15) is 56.9 Å². The Morgan fingerprint density at radius 3 is 2.39 bits per heavy atom. The molecule has 0 spiro atoms. The third-order valence-electron chi connectivity index (χ3n) is 7.20. The molecule has 0 unspecified atom stereocenters. The van der Waals surface area contributed by atoms with E-state index >= 15 is 0 Å². The molecule has 0 N–H and O–H groups in total. The second-order valence-corrected chi connectivity index (χ2v) is 9.22. The summed E-state index contributed by atoms with van der Waals surface area (Å²) in [6, 6.07) is 20.1. The molecule has 166 valence electrons. The number of carbonyl (C=O) groups excluding carboxylic acids is 1. The molecular weight excluding hydrogens is 382 g/mol. The van der Waals surface area contributed by atoms with Crippen LogP contribution in [0.2, 0.25) is 0 Å². The number of aryl methyl sites for hydroxylation is 1. The zero-order valence-electron chi connectivity index (χ0n) is 18.8. The van der Waals surface area contributed by atoms with Crippen molar-refractivity contribution in [2.45, 2.75) is 69.9 Å². The fourth-order valence-electron chi connectivity index (χ4n) is 5.57. The molecule has 1 aliphatic carbocycles. The predicted molar refractivity (Wildman–Crippen MR) is 127 cm³/mol. The van der Waals surface area contributed by atoms with Gasteiger partial charge in [0.1, 0.15) is 6.29 Å². The number of benzene rings is 2. The van der Waals surface area contributed by atoms with Crippen molar-refractivity contribution in [3.8, 4) is 11.1 Å². The standard InChI is InChI=1S/C28H37NO2/c30-21-7-12-26-27(29-19-5-2-6-20-29)17-18-28(26)31-22-8-9-23-13-15-25(16-14-23)24-10-3-1-4-11-24/h1,3-4,10-11,13-16,21,26-28H,2,5-9,12,17-20,22H2/t26-,27+,28+/m0/s1. The number of carbonyl (C=O) groups is 1. The quantitative estimate of drug-likeness (QED) is 0.354. The first-order chi connectivity index (χ1) is 15.3. The predicted octanol–water partition coefficient (Wildman–Crippen LogP) is 5.92. The summed E-state index contributed by atoms with van der Waals surface area (Å²) in [6.07, 6.45) is 11.6. The van der Waals surface area contributed by atoms with Gasteiger partial charge in [0.05, 0.1) is 6.10 Å². The number of rotatable bonds is 10. The molecule has 1 saturated heterocycles. The molecule has 3 heteroatoms. The van der Waals surface area contributed by atoms with Crippen LogP contribution in [0.4, 0.5) is 0 Å². The Morgan fingerprint density at radius 1 is 0.903 bits per heavy atom. The van der Waals surface area contributed by atoms with E-state index in [0.717, 1.165) is 38.6 Å². The summed E-state index contributed by atoms with van der Waals surface area (Å²) >= 11 is 0. The summed E-state index contributed by atoms with van der Waals surface area (Å²) in [5.41, 5.74) is 3.91. The molecule has 2 fully saturated rings. The van der Waals surface area contributed by atoms with Gasteiger partial charge in [-0.1, -0.05) is 61.0 Å². The summed E-state index contributed by atoms with van der Waals surface area (Å²) in [6.45, 7) is 3.28. The highest BCUT2D eigenvalue weighted by Crippen LogP contribution is 2.36. The number of ether oxygens (including phenoxy) is 1. The van der Waals surface area contributed by atoms with Crippen molar-refractivity contribution in [3.05, 3.63) is 60.2 Å². The molecule has 31 heavy (non-hydrogen) atoms. The molecule has 0 amide bonds. The van der Waals surface area contributed by atoms with Gasteiger partial charge in [0.2, 0.25) is 0 Å². The van der Waals surface area contributed by atoms with Crippen LogP contribution in [0.3, 0.4) is 0 Å². The highest BCUT2D eigenvalue weighted by atomic mass is 16.5. The second kappa shape index (κ2) is 11.6. The van der Waals surface area contributed by atoms with E-state index in [1.165, 1.54) is 55.5 Å². The number of piperidine rings is 1. The molecule has 3 atom stereocenters. The first-order valence-electron chi connectivity index (χ1n) is 12.3. The van der Waals surface area contributed by atoms with Crippen molar-refractivity contribution in [2.24, 2.45) is 5.92 Å². The van der Waals surface area contributed by atoms with E-state index in [4.69, 9.17) is 4.74 Å². The number of hydrogen-bond acceptors (Lipinski definition) is 3. The van der Waals surface area contributed by atoms with Crippen LogP contribution in [0.5, 0.6) is 0 Å². The first kappa shape index (κ1) is 22.2. The second-order valence-electron chi connectivity index (χ2n) is 9.22. The third-order valence-corrected chi connectivity index (χ3v) is 7.20. The Bertz CT molecular complexity index is 782. The summed E-state index contributed by atoms with van der Waals surface area (Å²) in [5, 5.41) is 0. The van der Waals surface area contributed by atoms with Gasteiger partial charge >= 0.3 is 0 Å². The molecule has 3 nitrogen and oxygen atoms in total. The highest BCUT2D eigenvalue weighted by Gasteiger charge is 2.39. The van der Waals surface area contributed by atoms with Crippen LogP contribution >= 0.6 is 0 Å². The summed E-state index contributed by atoms with van der Waals surface area (Å²) in [7, 11) is 0. The van der Waals surface area contributed by atoms with Gasteiger partial charge in [-0.2, -0.15) is 0 Å². The molecule has 1 saturated carbocycles. The lowest BCUT2D eigenvalue weighted by molar-refractivity contribution is -0.108. The van der Waals surface area contributed by atoms with Gasteiger partial charge in [-0.3, -0.25) is 0 Å². The van der Waals surface area contributed by atoms with Gasteiger partial charge in [0.15, 0.2) is 0 Å². The molecule has 0 radical (unpaired) electrons. The van der Waals surface area contributed by atoms with E-state index in [1.807, 2.05) is 0 Å².